The Morgan fingerprint density at radius 2 is 1.70 bits per heavy atom. The Morgan fingerprint density at radius 1 is 0.967 bits per heavy atom. The monoisotopic (exact) mass is 409 g/mol. The summed E-state index contributed by atoms with van der Waals surface area (Å²) in [4.78, 5) is 0. The fourth-order valence-electron chi connectivity index (χ4n) is 3.91. The van der Waals surface area contributed by atoms with Crippen molar-refractivity contribution in [1.82, 2.24) is 0 Å². The third-order valence-electron chi connectivity index (χ3n) is 5.78. The van der Waals surface area contributed by atoms with Crippen LogP contribution in [0.2, 0.25) is 0 Å². The lowest BCUT2D eigenvalue weighted by Gasteiger charge is -2.29. The van der Waals surface area contributed by atoms with Crippen molar-refractivity contribution < 1.29 is 13.9 Å². The minimum absolute atomic E-state index is 0.192. The van der Waals surface area contributed by atoms with E-state index in [0.717, 1.165) is 37.2 Å². The van der Waals surface area contributed by atoms with E-state index in [9.17, 15) is 4.39 Å². The van der Waals surface area contributed by atoms with Gasteiger partial charge in [-0.25, -0.2) is 4.39 Å². The van der Waals surface area contributed by atoms with Crippen LogP contribution in [0.15, 0.2) is 42.5 Å². The summed E-state index contributed by atoms with van der Waals surface area (Å²) >= 11 is 0. The Kier molecular flexibility index (Phi) is 8.86. The zero-order valence-electron chi connectivity index (χ0n) is 17.9. The van der Waals surface area contributed by atoms with E-state index in [1.807, 2.05) is 12.1 Å². The van der Waals surface area contributed by atoms with Gasteiger partial charge < -0.3 is 9.47 Å². The van der Waals surface area contributed by atoms with Crippen molar-refractivity contribution in [2.24, 2.45) is 5.92 Å². The molecular weight excluding hydrogens is 377 g/mol. The summed E-state index contributed by atoms with van der Waals surface area (Å²) < 4.78 is 26.4. The van der Waals surface area contributed by atoms with Crippen LogP contribution < -0.4 is 0 Å². The number of halogens is 1. The molecule has 1 aliphatic rings. The average molecular weight is 410 g/mol. The predicted octanol–water partition coefficient (Wildman–Crippen LogP) is 6.65. The average Bonchev–Trinajstić information content (AvgIpc) is 2.78. The number of hydrogen-bond donors (Lipinski definition) is 0. The molecule has 1 fully saturated rings. The lowest BCUT2D eigenvalue weighted by atomic mass is 10.00. The first kappa shape index (κ1) is 22.5. The molecule has 1 aliphatic heterocycles. The maximum Gasteiger partial charge on any atom is 0.157 e. The van der Waals surface area contributed by atoms with E-state index in [4.69, 9.17) is 14.7 Å². The first-order chi connectivity index (χ1) is 14.7. The fourth-order valence-corrected chi connectivity index (χ4v) is 3.91. The predicted molar refractivity (Wildman–Crippen MR) is 117 cm³/mol. The summed E-state index contributed by atoms with van der Waals surface area (Å²) in [6.07, 6.45) is 8.93. The number of rotatable bonds is 10. The molecule has 2 aromatic carbocycles. The fraction of sp³-hybridized carbons (Fsp3) is 0.500. The van der Waals surface area contributed by atoms with Crippen LogP contribution in [0.25, 0.3) is 11.1 Å². The van der Waals surface area contributed by atoms with E-state index >= 15 is 0 Å². The molecule has 0 N–H and O–H groups in total. The van der Waals surface area contributed by atoms with Gasteiger partial charge in [-0.1, -0.05) is 63.3 Å². The van der Waals surface area contributed by atoms with Crippen LogP contribution in [-0.4, -0.2) is 19.5 Å². The molecule has 0 radical (unpaired) electrons. The molecule has 0 saturated carbocycles. The van der Waals surface area contributed by atoms with Crippen LogP contribution in [-0.2, 0) is 15.9 Å². The number of hydrogen-bond acceptors (Lipinski definition) is 3. The highest BCUT2D eigenvalue weighted by Gasteiger charge is 2.21. The molecule has 0 amide bonds. The molecule has 160 valence electrons. The molecule has 3 nitrogen and oxygen atoms in total. The Bertz CT molecular complexity index is 820. The number of ether oxygens (including phenoxy) is 2. The largest absolute Gasteiger partial charge is 0.352 e. The molecule has 0 aliphatic carbocycles. The standard InChI is InChI=1S/C26H32FNO2/c1-2-3-4-5-6-7-22-18-29-26(30-19-22)15-11-20-10-14-24(25(27)16-20)23-12-8-21(17-28)9-13-23/h8-10,12-14,16,22,26H,2-7,11,15,18-19H2,1H3. The molecule has 2 aromatic rings. The second-order valence-corrected chi connectivity index (χ2v) is 8.21. The Morgan fingerprint density at radius 3 is 2.37 bits per heavy atom. The van der Waals surface area contributed by atoms with Crippen molar-refractivity contribution in [3.8, 4) is 17.2 Å². The Labute approximate surface area is 179 Å². The van der Waals surface area contributed by atoms with Crippen LogP contribution in [0.5, 0.6) is 0 Å². The highest BCUT2D eigenvalue weighted by molar-refractivity contribution is 5.65. The van der Waals surface area contributed by atoms with Crippen molar-refractivity contribution in [3.05, 3.63) is 59.4 Å². The minimum atomic E-state index is -0.245. The van der Waals surface area contributed by atoms with Gasteiger partial charge in [-0.3, -0.25) is 0 Å². The topological polar surface area (TPSA) is 42.2 Å². The van der Waals surface area contributed by atoms with E-state index in [-0.39, 0.29) is 12.1 Å². The van der Waals surface area contributed by atoms with Gasteiger partial charge >= 0.3 is 0 Å². The molecule has 30 heavy (non-hydrogen) atoms. The zero-order valence-corrected chi connectivity index (χ0v) is 17.9. The molecule has 1 saturated heterocycles. The first-order valence-corrected chi connectivity index (χ1v) is 11.2. The van der Waals surface area contributed by atoms with Gasteiger partial charge in [0.1, 0.15) is 5.82 Å². The summed E-state index contributed by atoms with van der Waals surface area (Å²) in [7, 11) is 0. The molecule has 3 rings (SSSR count). The van der Waals surface area contributed by atoms with Crippen LogP contribution in [0, 0.1) is 23.1 Å². The number of nitriles is 1. The third-order valence-corrected chi connectivity index (χ3v) is 5.78. The quantitative estimate of drug-likeness (QED) is 0.413. The van der Waals surface area contributed by atoms with Crippen LogP contribution >= 0.6 is 0 Å². The Balaban J connectivity index is 1.42. The number of unbranched alkanes of at least 4 members (excludes halogenated alkanes) is 4. The smallest absolute Gasteiger partial charge is 0.157 e. The maximum atomic E-state index is 14.6. The highest BCUT2D eigenvalue weighted by atomic mass is 19.1. The van der Waals surface area contributed by atoms with E-state index in [0.29, 0.717) is 17.0 Å². The van der Waals surface area contributed by atoms with Gasteiger partial charge in [0.05, 0.1) is 24.8 Å². The van der Waals surface area contributed by atoms with Crippen molar-refractivity contribution in [2.75, 3.05) is 13.2 Å². The van der Waals surface area contributed by atoms with Crippen molar-refractivity contribution in [1.29, 1.82) is 5.26 Å². The van der Waals surface area contributed by atoms with E-state index < -0.39 is 0 Å². The van der Waals surface area contributed by atoms with Crippen LogP contribution in [0.4, 0.5) is 4.39 Å². The number of benzene rings is 2. The first-order valence-electron chi connectivity index (χ1n) is 11.2. The molecule has 0 atom stereocenters. The van der Waals surface area contributed by atoms with Gasteiger partial charge in [0, 0.05) is 17.9 Å². The van der Waals surface area contributed by atoms with Gasteiger partial charge in [-0.15, -0.1) is 0 Å². The second-order valence-electron chi connectivity index (χ2n) is 8.21. The van der Waals surface area contributed by atoms with E-state index in [2.05, 4.69) is 13.0 Å². The number of nitrogens with zero attached hydrogens (tertiary/aromatic N) is 1. The molecular formula is C26H32FNO2. The maximum absolute atomic E-state index is 14.6. The van der Waals surface area contributed by atoms with E-state index in [1.165, 1.54) is 38.5 Å². The molecule has 0 bridgehead atoms. The molecule has 0 spiro atoms. The van der Waals surface area contributed by atoms with E-state index in [1.54, 1.807) is 30.3 Å². The molecule has 4 heteroatoms. The lowest BCUT2D eigenvalue weighted by molar-refractivity contribution is -0.203. The summed E-state index contributed by atoms with van der Waals surface area (Å²) in [6.45, 7) is 3.77. The summed E-state index contributed by atoms with van der Waals surface area (Å²) in [5.74, 6) is 0.262. The summed E-state index contributed by atoms with van der Waals surface area (Å²) in [6, 6.07) is 14.4. The van der Waals surface area contributed by atoms with Gasteiger partial charge in [-0.2, -0.15) is 5.26 Å². The second kappa shape index (κ2) is 11.8. The van der Waals surface area contributed by atoms with Crippen LogP contribution in [0.1, 0.15) is 63.0 Å². The van der Waals surface area contributed by atoms with Crippen LogP contribution in [0.3, 0.4) is 0 Å². The zero-order chi connectivity index (χ0) is 21.2. The van der Waals surface area contributed by atoms with Crippen molar-refractivity contribution in [2.45, 2.75) is 64.6 Å². The molecule has 0 aromatic heterocycles. The van der Waals surface area contributed by atoms with Crippen molar-refractivity contribution in [3.63, 3.8) is 0 Å². The van der Waals surface area contributed by atoms with Gasteiger partial charge in [0.2, 0.25) is 0 Å². The summed E-state index contributed by atoms with van der Waals surface area (Å²) in [5.41, 5.74) is 2.84. The van der Waals surface area contributed by atoms with Gasteiger partial charge in [0.15, 0.2) is 6.29 Å². The number of aryl methyl sites for hydroxylation is 1. The third kappa shape index (κ3) is 6.65. The van der Waals surface area contributed by atoms with Crippen molar-refractivity contribution >= 4 is 0 Å². The summed E-state index contributed by atoms with van der Waals surface area (Å²) in [5, 5.41) is 8.89. The normalized spacial score (nSPS) is 18.8. The Hall–Kier alpha value is -2.22. The van der Waals surface area contributed by atoms with Gasteiger partial charge in [-0.05, 0) is 42.2 Å². The molecule has 0 unspecified atom stereocenters. The highest BCUT2D eigenvalue weighted by Crippen LogP contribution is 2.25. The molecule has 1 heterocycles. The minimum Gasteiger partial charge on any atom is -0.352 e. The lowest BCUT2D eigenvalue weighted by Crippen LogP contribution is -2.32. The SMILES string of the molecule is CCCCCCCC1COC(CCc2ccc(-c3ccc(C#N)cc3)c(F)c2)OC1. The van der Waals surface area contributed by atoms with Gasteiger partial charge in [0.25, 0.3) is 0 Å².